The Labute approximate surface area is 104 Å². The van der Waals surface area contributed by atoms with Gasteiger partial charge in [-0.2, -0.15) is 5.10 Å². The highest BCUT2D eigenvalue weighted by Gasteiger charge is 2.27. The Bertz CT molecular complexity index is 579. The Hall–Kier alpha value is -1.69. The molecule has 3 rings (SSSR count). The molecule has 5 nitrogen and oxygen atoms in total. The number of fused-ring (bicyclic) bond motifs is 1. The van der Waals surface area contributed by atoms with Crippen LogP contribution in [-0.2, 0) is 0 Å². The van der Waals surface area contributed by atoms with E-state index in [0.29, 0.717) is 5.82 Å². The molecule has 1 aliphatic rings. The minimum Gasteiger partial charge on any atom is -0.383 e. The largest absolute Gasteiger partial charge is 0.383 e. The fourth-order valence-electron chi connectivity index (χ4n) is 2.67. The lowest BCUT2D eigenvalue weighted by atomic mass is 10.2. The number of hydrogen-bond acceptors (Lipinski definition) is 4. The molecule has 0 spiro atoms. The molecule has 0 saturated carbocycles. The lowest BCUT2D eigenvalue weighted by Crippen LogP contribution is -2.22. The summed E-state index contributed by atoms with van der Waals surface area (Å²) in [6, 6.07) is 2.03. The van der Waals surface area contributed by atoms with Gasteiger partial charge in [-0.25, -0.2) is 9.37 Å². The number of anilines is 1. The van der Waals surface area contributed by atoms with Crippen LogP contribution in [0.15, 0.2) is 12.3 Å². The molecular weight excluding hydrogens is 233 g/mol. The molecule has 1 unspecified atom stereocenters. The highest BCUT2D eigenvalue weighted by molar-refractivity contribution is 5.90. The summed E-state index contributed by atoms with van der Waals surface area (Å²) in [6.07, 6.45) is 2.44. The van der Waals surface area contributed by atoms with E-state index in [0.717, 1.165) is 29.6 Å². The van der Waals surface area contributed by atoms with E-state index in [9.17, 15) is 4.39 Å². The Morgan fingerprint density at radius 1 is 1.61 bits per heavy atom. The molecule has 1 saturated heterocycles. The van der Waals surface area contributed by atoms with Crippen molar-refractivity contribution < 1.29 is 4.39 Å². The number of hydrogen-bond donors (Lipinski definition) is 2. The zero-order valence-corrected chi connectivity index (χ0v) is 10.2. The topological polar surface area (TPSA) is 68.8 Å². The second-order valence-electron chi connectivity index (χ2n) is 4.77. The summed E-state index contributed by atoms with van der Waals surface area (Å²) in [5.41, 5.74) is 7.73. The van der Waals surface area contributed by atoms with Crippen LogP contribution >= 0.6 is 0 Å². The Balaban J connectivity index is 2.06. The molecule has 3 heterocycles. The molecule has 3 N–H and O–H groups in total. The van der Waals surface area contributed by atoms with E-state index in [1.807, 2.05) is 17.7 Å². The van der Waals surface area contributed by atoms with Crippen LogP contribution in [-0.4, -0.2) is 34.0 Å². The van der Waals surface area contributed by atoms with Gasteiger partial charge in [0.2, 0.25) is 0 Å². The predicted octanol–water partition coefficient (Wildman–Crippen LogP) is 1.19. The third-order valence-electron chi connectivity index (χ3n) is 3.56. The lowest BCUT2D eigenvalue weighted by molar-refractivity contribution is 0.395. The summed E-state index contributed by atoms with van der Waals surface area (Å²) in [7, 11) is 0. The van der Waals surface area contributed by atoms with Gasteiger partial charge in [0.25, 0.3) is 0 Å². The fourth-order valence-corrected chi connectivity index (χ4v) is 2.67. The van der Waals surface area contributed by atoms with E-state index in [1.54, 1.807) is 6.20 Å². The molecule has 0 aromatic carbocycles. The molecule has 2 aromatic rings. The SMILES string of the molecule is Cc1nn(C2CN[C@@H](CF)C2)c2ccnc(N)c12. The van der Waals surface area contributed by atoms with Gasteiger partial charge in [-0.05, 0) is 19.4 Å². The van der Waals surface area contributed by atoms with Crippen LogP contribution in [0.1, 0.15) is 18.2 Å². The molecule has 96 valence electrons. The monoisotopic (exact) mass is 249 g/mol. The molecule has 2 atom stereocenters. The second kappa shape index (κ2) is 4.20. The second-order valence-corrected chi connectivity index (χ2v) is 4.77. The van der Waals surface area contributed by atoms with Crippen molar-refractivity contribution in [2.45, 2.75) is 25.4 Å². The fraction of sp³-hybridized carbons (Fsp3) is 0.500. The molecule has 1 fully saturated rings. The standard InChI is InChI=1S/C12H16FN5/c1-7-11-10(2-3-15-12(11)14)18(17-7)9-4-8(5-13)16-6-9/h2-3,8-9,16H,4-6H2,1H3,(H2,14,15)/t8-,9?/m1/s1. The summed E-state index contributed by atoms with van der Waals surface area (Å²) in [4.78, 5) is 4.09. The first-order valence-electron chi connectivity index (χ1n) is 6.09. The van der Waals surface area contributed by atoms with Gasteiger partial charge in [0.15, 0.2) is 0 Å². The Morgan fingerprint density at radius 2 is 2.44 bits per heavy atom. The third kappa shape index (κ3) is 1.64. The van der Waals surface area contributed by atoms with Crippen molar-refractivity contribution in [2.24, 2.45) is 0 Å². The maximum atomic E-state index is 12.6. The van der Waals surface area contributed by atoms with Gasteiger partial charge >= 0.3 is 0 Å². The first kappa shape index (κ1) is 11.4. The molecule has 18 heavy (non-hydrogen) atoms. The van der Waals surface area contributed by atoms with Crippen LogP contribution < -0.4 is 11.1 Å². The lowest BCUT2D eigenvalue weighted by Gasteiger charge is -2.11. The number of aryl methyl sites for hydroxylation is 1. The van der Waals surface area contributed by atoms with Crippen molar-refractivity contribution in [3.05, 3.63) is 18.0 Å². The summed E-state index contributed by atoms with van der Waals surface area (Å²) in [6.45, 7) is 2.33. The van der Waals surface area contributed by atoms with Crippen molar-refractivity contribution >= 4 is 16.7 Å². The normalized spacial score (nSPS) is 23.9. The van der Waals surface area contributed by atoms with Crippen LogP contribution in [0.5, 0.6) is 0 Å². The quantitative estimate of drug-likeness (QED) is 0.839. The Morgan fingerprint density at radius 3 is 3.17 bits per heavy atom. The maximum Gasteiger partial charge on any atom is 0.134 e. The van der Waals surface area contributed by atoms with Crippen LogP contribution in [0.3, 0.4) is 0 Å². The van der Waals surface area contributed by atoms with E-state index in [1.165, 1.54) is 0 Å². The number of halogens is 1. The molecule has 6 heteroatoms. The number of alkyl halides is 1. The zero-order valence-electron chi connectivity index (χ0n) is 10.2. The highest BCUT2D eigenvalue weighted by atomic mass is 19.1. The van der Waals surface area contributed by atoms with E-state index >= 15 is 0 Å². The number of aromatic nitrogens is 3. The summed E-state index contributed by atoms with van der Waals surface area (Å²) in [5.74, 6) is 0.504. The van der Waals surface area contributed by atoms with Crippen LogP contribution in [0.25, 0.3) is 10.9 Å². The maximum absolute atomic E-state index is 12.6. The number of nitrogens with one attached hydrogen (secondary N) is 1. The molecule has 0 aliphatic carbocycles. The summed E-state index contributed by atoms with van der Waals surface area (Å²) < 4.78 is 14.6. The van der Waals surface area contributed by atoms with Crippen molar-refractivity contribution in [2.75, 3.05) is 19.0 Å². The van der Waals surface area contributed by atoms with Gasteiger partial charge in [0, 0.05) is 18.8 Å². The van der Waals surface area contributed by atoms with Crippen molar-refractivity contribution in [3.63, 3.8) is 0 Å². The number of pyridine rings is 1. The van der Waals surface area contributed by atoms with E-state index in [-0.39, 0.29) is 18.8 Å². The number of nitrogen functional groups attached to an aromatic ring is 1. The molecular formula is C12H16FN5. The first-order valence-corrected chi connectivity index (χ1v) is 6.09. The molecule has 0 radical (unpaired) electrons. The summed E-state index contributed by atoms with van der Waals surface area (Å²) in [5, 5.41) is 8.60. The minimum absolute atomic E-state index is 0.0614. The van der Waals surface area contributed by atoms with Crippen molar-refractivity contribution in [3.8, 4) is 0 Å². The van der Waals surface area contributed by atoms with Gasteiger partial charge in [-0.3, -0.25) is 4.68 Å². The van der Waals surface area contributed by atoms with Gasteiger partial charge in [0.05, 0.1) is 22.6 Å². The van der Waals surface area contributed by atoms with Crippen LogP contribution in [0.4, 0.5) is 10.2 Å². The zero-order chi connectivity index (χ0) is 12.7. The van der Waals surface area contributed by atoms with Gasteiger partial charge < -0.3 is 11.1 Å². The predicted molar refractivity (Wildman–Crippen MR) is 68.1 cm³/mol. The van der Waals surface area contributed by atoms with Gasteiger partial charge in [-0.1, -0.05) is 0 Å². The molecule has 0 bridgehead atoms. The molecule has 2 aromatic heterocycles. The Kier molecular flexibility index (Phi) is 2.66. The number of nitrogens with zero attached hydrogens (tertiary/aromatic N) is 3. The molecule has 0 amide bonds. The highest BCUT2D eigenvalue weighted by Crippen LogP contribution is 2.28. The van der Waals surface area contributed by atoms with E-state index < -0.39 is 0 Å². The minimum atomic E-state index is -0.335. The average molecular weight is 249 g/mol. The van der Waals surface area contributed by atoms with E-state index in [4.69, 9.17) is 5.73 Å². The first-order chi connectivity index (χ1) is 8.70. The average Bonchev–Trinajstić information content (AvgIpc) is 2.94. The smallest absolute Gasteiger partial charge is 0.134 e. The van der Waals surface area contributed by atoms with Crippen LogP contribution in [0.2, 0.25) is 0 Å². The van der Waals surface area contributed by atoms with Gasteiger partial charge in [0.1, 0.15) is 12.5 Å². The number of rotatable bonds is 2. The van der Waals surface area contributed by atoms with Crippen molar-refractivity contribution in [1.82, 2.24) is 20.1 Å². The van der Waals surface area contributed by atoms with Crippen molar-refractivity contribution in [1.29, 1.82) is 0 Å². The third-order valence-corrected chi connectivity index (χ3v) is 3.56. The van der Waals surface area contributed by atoms with Gasteiger partial charge in [-0.15, -0.1) is 0 Å². The van der Waals surface area contributed by atoms with E-state index in [2.05, 4.69) is 15.4 Å². The molecule has 1 aliphatic heterocycles. The number of nitrogens with two attached hydrogens (primary N) is 1. The van der Waals surface area contributed by atoms with Crippen LogP contribution in [0, 0.1) is 6.92 Å². The summed E-state index contributed by atoms with van der Waals surface area (Å²) >= 11 is 0.